The molecule has 0 saturated heterocycles. The number of hydrogen-bond acceptors (Lipinski definition) is 0. The molecule has 0 aromatic rings. The highest BCUT2D eigenvalue weighted by atomic mass is 28.3. The second kappa shape index (κ2) is 4.89. The van der Waals surface area contributed by atoms with Gasteiger partial charge < -0.3 is 0 Å². The van der Waals surface area contributed by atoms with Gasteiger partial charge in [-0.2, -0.15) is 0 Å². The molecule has 2 aliphatic rings. The summed E-state index contributed by atoms with van der Waals surface area (Å²) < 4.78 is 0. The lowest BCUT2D eigenvalue weighted by Crippen LogP contribution is -2.29. The largest absolute Gasteiger partial charge is 0.131 e. The minimum Gasteiger partial charge on any atom is -0.117 e. The first-order chi connectivity index (χ1) is 9.42. The van der Waals surface area contributed by atoms with Gasteiger partial charge in [-0.1, -0.05) is 78.9 Å². The van der Waals surface area contributed by atoms with Gasteiger partial charge in [0, 0.05) is 0 Å². The third-order valence-corrected chi connectivity index (χ3v) is 7.61. The van der Waals surface area contributed by atoms with Crippen molar-refractivity contribution in [1.29, 1.82) is 0 Å². The maximum absolute atomic E-state index is 3.68. The fraction of sp³-hybridized carbons (Fsp3) is 0.500. The Kier molecular flexibility index (Phi) is 3.75. The monoisotopic (exact) mass is 296 g/mol. The molecule has 0 aromatic heterocycles. The molecule has 0 amide bonds. The summed E-state index contributed by atoms with van der Waals surface area (Å²) >= 11 is 0. The van der Waals surface area contributed by atoms with E-state index in [-0.39, 0.29) is 10.8 Å². The Bertz CT molecular complexity index is 594. The van der Waals surface area contributed by atoms with Crippen LogP contribution in [0, 0.1) is 10.8 Å². The highest BCUT2D eigenvalue weighted by Gasteiger charge is 2.33. The van der Waals surface area contributed by atoms with Crippen molar-refractivity contribution in [2.24, 2.45) is 10.8 Å². The molecule has 0 bridgehead atoms. The fourth-order valence-corrected chi connectivity index (χ4v) is 4.72. The van der Waals surface area contributed by atoms with Crippen LogP contribution in [-0.4, -0.2) is 8.07 Å². The average molecular weight is 297 g/mol. The van der Waals surface area contributed by atoms with E-state index in [9.17, 15) is 0 Å². The van der Waals surface area contributed by atoms with E-state index in [1.807, 2.05) is 0 Å². The van der Waals surface area contributed by atoms with Gasteiger partial charge in [0.2, 0.25) is 0 Å². The Morgan fingerprint density at radius 3 is 1.24 bits per heavy atom. The third kappa shape index (κ3) is 3.16. The molecule has 0 atom stereocenters. The van der Waals surface area contributed by atoms with Gasteiger partial charge in [-0.05, 0) is 32.4 Å². The van der Waals surface area contributed by atoms with Gasteiger partial charge >= 0.3 is 0 Å². The van der Waals surface area contributed by atoms with Gasteiger partial charge in [0.25, 0.3) is 0 Å². The Morgan fingerprint density at radius 1 is 0.667 bits per heavy atom. The van der Waals surface area contributed by atoms with Crippen LogP contribution in [0.25, 0.3) is 0 Å². The zero-order valence-electron chi connectivity index (χ0n) is 14.8. The molecule has 21 heavy (non-hydrogen) atoms. The van der Waals surface area contributed by atoms with Gasteiger partial charge in [-0.15, -0.1) is 11.5 Å². The van der Waals surface area contributed by atoms with Crippen LogP contribution < -0.4 is 0 Å². The lowest BCUT2D eigenvalue weighted by Gasteiger charge is -2.21. The molecule has 112 valence electrons. The van der Waals surface area contributed by atoms with Crippen LogP contribution in [0.4, 0.5) is 0 Å². The second-order valence-electron chi connectivity index (χ2n) is 8.70. The summed E-state index contributed by atoms with van der Waals surface area (Å²) in [6, 6.07) is 0. The van der Waals surface area contributed by atoms with Crippen LogP contribution in [-0.2, 0) is 0 Å². The molecule has 0 aromatic carbocycles. The first-order valence-corrected chi connectivity index (χ1v) is 10.8. The van der Waals surface area contributed by atoms with Crippen molar-refractivity contribution in [2.75, 3.05) is 0 Å². The molecule has 0 aliphatic heterocycles. The summed E-state index contributed by atoms with van der Waals surface area (Å²) in [5, 5.41) is 2.80. The van der Waals surface area contributed by atoms with E-state index in [1.165, 1.54) is 21.5 Å². The van der Waals surface area contributed by atoms with E-state index in [1.54, 1.807) is 0 Å². The number of hydrogen-bond donors (Lipinski definition) is 0. The quantitative estimate of drug-likeness (QED) is 0.439. The smallest absolute Gasteiger partial charge is 0.117 e. The van der Waals surface area contributed by atoms with Crippen LogP contribution in [0.15, 0.2) is 57.3 Å². The van der Waals surface area contributed by atoms with Gasteiger partial charge in [-0.25, -0.2) is 0 Å². The van der Waals surface area contributed by atoms with Gasteiger partial charge in [0.05, 0.1) is 0 Å². The molecule has 0 saturated carbocycles. The van der Waals surface area contributed by atoms with Crippen molar-refractivity contribution in [3.05, 3.63) is 57.3 Å². The van der Waals surface area contributed by atoms with Crippen molar-refractivity contribution in [3.8, 4) is 0 Å². The third-order valence-electron chi connectivity index (χ3n) is 4.33. The highest BCUT2D eigenvalue weighted by molar-refractivity contribution is 6.91. The number of rotatable bonds is 2. The zero-order chi connectivity index (χ0) is 16.1. The maximum Gasteiger partial charge on any atom is 0.131 e. The first-order valence-electron chi connectivity index (χ1n) is 7.82. The average Bonchev–Trinajstić information content (AvgIpc) is 2.97. The number of allylic oxidation sites excluding steroid dienone is 6. The Balaban J connectivity index is 2.48. The van der Waals surface area contributed by atoms with Crippen molar-refractivity contribution in [1.82, 2.24) is 0 Å². The molecule has 0 nitrogen and oxygen atoms in total. The van der Waals surface area contributed by atoms with Crippen LogP contribution in [0.5, 0.6) is 0 Å². The van der Waals surface area contributed by atoms with Gasteiger partial charge in [0.1, 0.15) is 8.07 Å². The summed E-state index contributed by atoms with van der Waals surface area (Å²) in [6.45, 7) is 18.3. The molecular formula is C20H28Si. The van der Waals surface area contributed by atoms with E-state index >= 15 is 0 Å². The summed E-state index contributed by atoms with van der Waals surface area (Å²) in [6.07, 6.45) is 9.06. The highest BCUT2D eigenvalue weighted by Crippen LogP contribution is 2.36. The van der Waals surface area contributed by atoms with E-state index in [0.29, 0.717) is 0 Å². The molecule has 2 rings (SSSR count). The van der Waals surface area contributed by atoms with Crippen molar-refractivity contribution in [3.63, 3.8) is 0 Å². The van der Waals surface area contributed by atoms with Crippen molar-refractivity contribution >= 4 is 8.07 Å². The molecule has 0 N–H and O–H groups in total. The molecule has 0 heterocycles. The Labute approximate surface area is 131 Å². The first kappa shape index (κ1) is 16.1. The van der Waals surface area contributed by atoms with E-state index in [0.717, 1.165) is 0 Å². The van der Waals surface area contributed by atoms with Gasteiger partial charge in [-0.3, -0.25) is 0 Å². The van der Waals surface area contributed by atoms with E-state index in [4.69, 9.17) is 0 Å². The molecule has 0 fully saturated rings. The SMILES string of the molecule is CC(C)(C)C1=C=C([Si](C)(C)C2=C=C(C(C)(C)C)C=C2)C=C1. The van der Waals surface area contributed by atoms with Crippen LogP contribution in [0.2, 0.25) is 13.1 Å². The molecule has 2 aliphatic carbocycles. The standard InChI is InChI=1S/C20H28Si/c1-19(2,3)15-9-11-17(13-15)21(7,8)18-12-10-16(14-18)20(4,5)6/h9-12H,1-8H3. The van der Waals surface area contributed by atoms with Crippen LogP contribution in [0.3, 0.4) is 0 Å². The minimum absolute atomic E-state index is 0.176. The summed E-state index contributed by atoms with van der Waals surface area (Å²) in [7, 11) is -1.68. The lowest BCUT2D eigenvalue weighted by molar-refractivity contribution is 0.519. The van der Waals surface area contributed by atoms with Crippen LogP contribution in [0.1, 0.15) is 41.5 Å². The minimum atomic E-state index is -1.68. The predicted molar refractivity (Wildman–Crippen MR) is 95.8 cm³/mol. The van der Waals surface area contributed by atoms with Gasteiger partial charge in [0.15, 0.2) is 0 Å². The van der Waals surface area contributed by atoms with Crippen molar-refractivity contribution in [2.45, 2.75) is 54.6 Å². The Hall–Kier alpha value is -1.26. The van der Waals surface area contributed by atoms with Crippen LogP contribution >= 0.6 is 0 Å². The lowest BCUT2D eigenvalue weighted by atomic mass is 9.88. The molecule has 0 radical (unpaired) electrons. The summed E-state index contributed by atoms with van der Waals surface area (Å²) in [4.78, 5) is 0. The topological polar surface area (TPSA) is 0 Å². The summed E-state index contributed by atoms with van der Waals surface area (Å²) in [5.41, 5.74) is 10.4. The zero-order valence-corrected chi connectivity index (χ0v) is 15.8. The molecule has 0 unspecified atom stereocenters. The molecule has 1 heteroatoms. The molecular weight excluding hydrogens is 268 g/mol. The predicted octanol–water partition coefficient (Wildman–Crippen LogP) is 5.91. The molecule has 0 spiro atoms. The second-order valence-corrected chi connectivity index (χ2v) is 13.0. The Morgan fingerprint density at radius 2 is 1.00 bits per heavy atom. The van der Waals surface area contributed by atoms with E-state index < -0.39 is 8.07 Å². The normalized spacial score (nSPS) is 18.7. The maximum atomic E-state index is 3.68. The van der Waals surface area contributed by atoms with Crippen molar-refractivity contribution < 1.29 is 0 Å². The van der Waals surface area contributed by atoms with E-state index in [2.05, 4.69) is 90.4 Å². The summed E-state index contributed by atoms with van der Waals surface area (Å²) in [5.74, 6) is 0. The fourth-order valence-electron chi connectivity index (χ4n) is 2.54.